The van der Waals surface area contributed by atoms with Gasteiger partial charge in [-0.3, -0.25) is 4.90 Å². The Morgan fingerprint density at radius 3 is 2.58 bits per heavy atom. The lowest BCUT2D eigenvalue weighted by Gasteiger charge is -2.40. The Kier molecular flexibility index (Phi) is 5.40. The van der Waals surface area contributed by atoms with Crippen LogP contribution in [0.15, 0.2) is 12.3 Å². The van der Waals surface area contributed by atoms with Gasteiger partial charge in [0, 0.05) is 38.5 Å². The summed E-state index contributed by atoms with van der Waals surface area (Å²) in [4.78, 5) is 14.5. The topological polar surface area (TPSA) is 41.5 Å². The van der Waals surface area contributed by atoms with Crippen LogP contribution in [-0.2, 0) is 11.3 Å². The van der Waals surface area contributed by atoms with Crippen molar-refractivity contribution >= 4 is 0 Å². The molecule has 5 nitrogen and oxygen atoms in total. The highest BCUT2D eigenvalue weighted by atomic mass is 16.5. The second kappa shape index (κ2) is 7.89. The molecule has 1 aromatic heterocycles. The first-order valence-corrected chi connectivity index (χ1v) is 9.78. The van der Waals surface area contributed by atoms with Gasteiger partial charge in [0.05, 0.1) is 5.69 Å². The van der Waals surface area contributed by atoms with Crippen LogP contribution in [0.4, 0.5) is 0 Å². The third-order valence-electron chi connectivity index (χ3n) is 5.80. The molecule has 132 valence electrons. The molecule has 4 rings (SSSR count). The smallest absolute Gasteiger partial charge is 0.157 e. The summed E-state index contributed by atoms with van der Waals surface area (Å²) in [6.07, 6.45) is 11.0. The lowest BCUT2D eigenvalue weighted by Crippen LogP contribution is -2.46. The van der Waals surface area contributed by atoms with E-state index in [1.54, 1.807) is 0 Å². The van der Waals surface area contributed by atoms with Crippen LogP contribution in [0.25, 0.3) is 0 Å². The van der Waals surface area contributed by atoms with Gasteiger partial charge < -0.3 is 9.64 Å². The van der Waals surface area contributed by atoms with E-state index in [4.69, 9.17) is 9.72 Å². The third-order valence-corrected chi connectivity index (χ3v) is 5.80. The average molecular weight is 330 g/mol. The zero-order valence-electron chi connectivity index (χ0n) is 14.7. The molecule has 0 aliphatic carbocycles. The van der Waals surface area contributed by atoms with E-state index in [9.17, 15) is 0 Å². The molecule has 0 spiro atoms. The monoisotopic (exact) mass is 330 g/mol. The van der Waals surface area contributed by atoms with E-state index < -0.39 is 0 Å². The van der Waals surface area contributed by atoms with E-state index >= 15 is 0 Å². The van der Waals surface area contributed by atoms with E-state index in [0.717, 1.165) is 43.6 Å². The van der Waals surface area contributed by atoms with Crippen molar-refractivity contribution in [2.24, 2.45) is 0 Å². The van der Waals surface area contributed by atoms with Crippen molar-refractivity contribution in [1.29, 1.82) is 0 Å². The summed E-state index contributed by atoms with van der Waals surface area (Å²) >= 11 is 0. The molecule has 4 heterocycles. The quantitative estimate of drug-likeness (QED) is 0.849. The predicted molar refractivity (Wildman–Crippen MR) is 93.7 cm³/mol. The SMILES string of the molecule is c1cc(CN2CCC(N3CCCCC3)CC2)nc([C@H]2CCCO2)n1. The Bertz CT molecular complexity index is 518. The van der Waals surface area contributed by atoms with Gasteiger partial charge in [-0.1, -0.05) is 6.42 Å². The van der Waals surface area contributed by atoms with Crippen molar-refractivity contribution in [2.45, 2.75) is 63.6 Å². The summed E-state index contributed by atoms with van der Waals surface area (Å²) in [6, 6.07) is 2.88. The van der Waals surface area contributed by atoms with Gasteiger partial charge in [0.25, 0.3) is 0 Å². The summed E-state index contributed by atoms with van der Waals surface area (Å²) in [7, 11) is 0. The summed E-state index contributed by atoms with van der Waals surface area (Å²) in [5.41, 5.74) is 1.15. The third kappa shape index (κ3) is 3.95. The second-order valence-corrected chi connectivity index (χ2v) is 7.51. The molecule has 0 unspecified atom stereocenters. The number of aromatic nitrogens is 2. The fraction of sp³-hybridized carbons (Fsp3) is 0.789. The summed E-state index contributed by atoms with van der Waals surface area (Å²) < 4.78 is 5.72. The predicted octanol–water partition coefficient (Wildman–Crippen LogP) is 2.78. The second-order valence-electron chi connectivity index (χ2n) is 7.51. The zero-order valence-corrected chi connectivity index (χ0v) is 14.7. The minimum Gasteiger partial charge on any atom is -0.370 e. The molecule has 5 heteroatoms. The lowest BCUT2D eigenvalue weighted by molar-refractivity contribution is 0.0883. The fourth-order valence-corrected chi connectivity index (χ4v) is 4.39. The minimum atomic E-state index is 0.120. The zero-order chi connectivity index (χ0) is 16.2. The number of piperidine rings is 2. The van der Waals surface area contributed by atoms with Gasteiger partial charge in [-0.25, -0.2) is 9.97 Å². The molecule has 0 N–H and O–H groups in total. The molecule has 0 amide bonds. The van der Waals surface area contributed by atoms with Gasteiger partial charge in [-0.2, -0.15) is 0 Å². The van der Waals surface area contributed by atoms with E-state index in [1.165, 1.54) is 58.3 Å². The molecule has 3 saturated heterocycles. The molecule has 3 aliphatic rings. The number of ether oxygens (including phenoxy) is 1. The van der Waals surface area contributed by atoms with Gasteiger partial charge in [0.1, 0.15) is 6.10 Å². The van der Waals surface area contributed by atoms with Gasteiger partial charge in [-0.05, 0) is 57.7 Å². The first kappa shape index (κ1) is 16.4. The van der Waals surface area contributed by atoms with Gasteiger partial charge in [0.15, 0.2) is 5.82 Å². The molecule has 0 radical (unpaired) electrons. The van der Waals surface area contributed by atoms with Crippen LogP contribution in [0.5, 0.6) is 0 Å². The van der Waals surface area contributed by atoms with Crippen molar-refractivity contribution in [2.75, 3.05) is 32.8 Å². The highest BCUT2D eigenvalue weighted by molar-refractivity contribution is 5.05. The van der Waals surface area contributed by atoms with Crippen LogP contribution >= 0.6 is 0 Å². The molecule has 1 aromatic rings. The van der Waals surface area contributed by atoms with Crippen LogP contribution in [0, 0.1) is 0 Å². The summed E-state index contributed by atoms with van der Waals surface area (Å²) in [6.45, 7) is 6.83. The number of hydrogen-bond donors (Lipinski definition) is 0. The van der Waals surface area contributed by atoms with Crippen LogP contribution in [0.1, 0.15) is 62.6 Å². The Morgan fingerprint density at radius 2 is 1.83 bits per heavy atom. The molecular weight excluding hydrogens is 300 g/mol. The van der Waals surface area contributed by atoms with Gasteiger partial charge in [-0.15, -0.1) is 0 Å². The molecular formula is C19H30N4O. The first-order valence-electron chi connectivity index (χ1n) is 9.78. The molecule has 1 atom stereocenters. The molecule has 3 fully saturated rings. The Labute approximate surface area is 145 Å². The fourth-order valence-electron chi connectivity index (χ4n) is 4.39. The van der Waals surface area contributed by atoms with Crippen LogP contribution in [-0.4, -0.2) is 58.6 Å². The molecule has 24 heavy (non-hydrogen) atoms. The first-order chi connectivity index (χ1) is 11.9. The Hall–Kier alpha value is -1.04. The summed E-state index contributed by atoms with van der Waals surface area (Å²) in [5, 5.41) is 0. The number of hydrogen-bond acceptors (Lipinski definition) is 5. The van der Waals surface area contributed by atoms with Crippen molar-refractivity contribution in [3.05, 3.63) is 23.8 Å². The van der Waals surface area contributed by atoms with Crippen LogP contribution in [0.2, 0.25) is 0 Å². The van der Waals surface area contributed by atoms with Gasteiger partial charge >= 0.3 is 0 Å². The van der Waals surface area contributed by atoms with E-state index in [1.807, 2.05) is 6.20 Å². The van der Waals surface area contributed by atoms with Crippen molar-refractivity contribution in [1.82, 2.24) is 19.8 Å². The highest BCUT2D eigenvalue weighted by Gasteiger charge is 2.26. The molecule has 3 aliphatic heterocycles. The highest BCUT2D eigenvalue weighted by Crippen LogP contribution is 2.26. The van der Waals surface area contributed by atoms with Crippen LogP contribution < -0.4 is 0 Å². The van der Waals surface area contributed by atoms with Gasteiger partial charge in [0.2, 0.25) is 0 Å². The normalized spacial score (nSPS) is 27.6. The Morgan fingerprint density at radius 1 is 1.00 bits per heavy atom. The van der Waals surface area contributed by atoms with Crippen molar-refractivity contribution in [3.8, 4) is 0 Å². The standard InChI is InChI=1S/C19H30N4O/c1-2-10-23(11-3-1)17-7-12-22(13-8-17)15-16-6-9-20-19(21-16)18-5-4-14-24-18/h6,9,17-18H,1-5,7-8,10-15H2/t18-/m1/s1. The molecule has 0 aromatic carbocycles. The molecule has 0 saturated carbocycles. The van der Waals surface area contributed by atoms with E-state index in [0.29, 0.717) is 0 Å². The number of likely N-dealkylation sites (tertiary alicyclic amines) is 2. The number of rotatable bonds is 4. The van der Waals surface area contributed by atoms with Crippen LogP contribution in [0.3, 0.4) is 0 Å². The maximum absolute atomic E-state index is 5.72. The molecule has 0 bridgehead atoms. The lowest BCUT2D eigenvalue weighted by atomic mass is 10.00. The van der Waals surface area contributed by atoms with Crippen molar-refractivity contribution < 1.29 is 4.74 Å². The largest absolute Gasteiger partial charge is 0.370 e. The Balaban J connectivity index is 1.29. The maximum atomic E-state index is 5.72. The maximum Gasteiger partial charge on any atom is 0.157 e. The van der Waals surface area contributed by atoms with Crippen molar-refractivity contribution in [3.63, 3.8) is 0 Å². The number of nitrogens with zero attached hydrogens (tertiary/aromatic N) is 4. The minimum absolute atomic E-state index is 0.120. The van der Waals surface area contributed by atoms with E-state index in [-0.39, 0.29) is 6.10 Å². The average Bonchev–Trinajstić information content (AvgIpc) is 3.18. The van der Waals surface area contributed by atoms with E-state index in [2.05, 4.69) is 20.9 Å². The summed E-state index contributed by atoms with van der Waals surface area (Å²) in [5.74, 6) is 0.883.